The largest absolute Gasteiger partial charge is 0.478 e. The van der Waals surface area contributed by atoms with E-state index in [2.05, 4.69) is 0 Å². The Bertz CT molecular complexity index is 421. The van der Waals surface area contributed by atoms with E-state index in [1.165, 1.54) is 0 Å². The average Bonchev–Trinajstić information content (AvgIpc) is 2.30. The summed E-state index contributed by atoms with van der Waals surface area (Å²) >= 11 is 0. The Morgan fingerprint density at radius 3 is 2.67 bits per heavy atom. The van der Waals surface area contributed by atoms with E-state index >= 15 is 0 Å². The molecular formula is C12H11NO2. The van der Waals surface area contributed by atoms with Gasteiger partial charge in [-0.15, -0.1) is 0 Å². The van der Waals surface area contributed by atoms with Crippen LogP contribution < -0.4 is 4.90 Å². The third kappa shape index (κ3) is 2.07. The van der Waals surface area contributed by atoms with Crippen LogP contribution in [0, 0.1) is 0 Å². The molecule has 0 bridgehead atoms. The second-order valence-electron chi connectivity index (χ2n) is 3.30. The van der Waals surface area contributed by atoms with Crippen LogP contribution in [0.5, 0.6) is 0 Å². The van der Waals surface area contributed by atoms with Crippen molar-refractivity contribution in [2.45, 2.75) is 0 Å². The fraction of sp³-hybridized carbons (Fsp3) is 0.0833. The van der Waals surface area contributed by atoms with Crippen LogP contribution in [0.25, 0.3) is 0 Å². The molecule has 76 valence electrons. The zero-order valence-electron chi connectivity index (χ0n) is 8.13. The van der Waals surface area contributed by atoms with Crippen molar-refractivity contribution in [1.29, 1.82) is 0 Å². The molecule has 0 aliphatic carbocycles. The van der Waals surface area contributed by atoms with E-state index in [9.17, 15) is 4.79 Å². The fourth-order valence-corrected chi connectivity index (χ4v) is 1.49. The molecule has 2 rings (SSSR count). The van der Waals surface area contributed by atoms with Crippen LogP contribution in [0.15, 0.2) is 54.3 Å². The van der Waals surface area contributed by atoms with Crippen LogP contribution in [-0.4, -0.2) is 17.6 Å². The minimum absolute atomic E-state index is 0.404. The monoisotopic (exact) mass is 201 g/mol. The molecule has 0 saturated heterocycles. The van der Waals surface area contributed by atoms with Gasteiger partial charge < -0.3 is 10.0 Å². The lowest BCUT2D eigenvalue weighted by Crippen LogP contribution is -2.24. The van der Waals surface area contributed by atoms with Crippen LogP contribution >= 0.6 is 0 Å². The van der Waals surface area contributed by atoms with Gasteiger partial charge >= 0.3 is 5.97 Å². The maximum absolute atomic E-state index is 10.8. The lowest BCUT2D eigenvalue weighted by Gasteiger charge is -2.22. The van der Waals surface area contributed by atoms with Crippen LogP contribution in [-0.2, 0) is 4.79 Å². The number of para-hydroxylation sites is 1. The summed E-state index contributed by atoms with van der Waals surface area (Å²) in [6, 6.07) is 9.71. The van der Waals surface area contributed by atoms with Crippen molar-refractivity contribution < 1.29 is 9.90 Å². The smallest absolute Gasteiger partial charge is 0.333 e. The van der Waals surface area contributed by atoms with Gasteiger partial charge in [0.05, 0.1) is 12.1 Å². The Kier molecular flexibility index (Phi) is 2.54. The Hall–Kier alpha value is -2.03. The zero-order valence-corrected chi connectivity index (χ0v) is 8.13. The van der Waals surface area contributed by atoms with E-state index in [0.717, 1.165) is 5.69 Å². The van der Waals surface area contributed by atoms with Crippen molar-refractivity contribution in [2.24, 2.45) is 0 Å². The molecule has 15 heavy (non-hydrogen) atoms. The summed E-state index contributed by atoms with van der Waals surface area (Å²) in [4.78, 5) is 12.7. The van der Waals surface area contributed by atoms with E-state index in [0.29, 0.717) is 12.1 Å². The normalized spacial score (nSPS) is 14.9. The second-order valence-corrected chi connectivity index (χ2v) is 3.30. The highest BCUT2D eigenvalue weighted by Gasteiger charge is 2.13. The lowest BCUT2D eigenvalue weighted by atomic mass is 10.1. The van der Waals surface area contributed by atoms with Crippen molar-refractivity contribution in [3.8, 4) is 0 Å². The molecule has 0 aromatic heterocycles. The predicted molar refractivity (Wildman–Crippen MR) is 58.6 cm³/mol. The van der Waals surface area contributed by atoms with Gasteiger partial charge in [-0.1, -0.05) is 18.2 Å². The van der Waals surface area contributed by atoms with Crippen molar-refractivity contribution in [1.82, 2.24) is 0 Å². The van der Waals surface area contributed by atoms with E-state index in [1.54, 1.807) is 12.2 Å². The van der Waals surface area contributed by atoms with Crippen molar-refractivity contribution in [3.05, 3.63) is 54.3 Å². The summed E-state index contributed by atoms with van der Waals surface area (Å²) in [6.07, 6.45) is 5.25. The second kappa shape index (κ2) is 4.00. The highest BCUT2D eigenvalue weighted by atomic mass is 16.4. The van der Waals surface area contributed by atoms with Gasteiger partial charge in [-0.3, -0.25) is 0 Å². The summed E-state index contributed by atoms with van der Waals surface area (Å²) in [5.41, 5.74) is 1.40. The predicted octanol–water partition coefficient (Wildman–Crippen LogP) is 2.03. The summed E-state index contributed by atoms with van der Waals surface area (Å²) in [6.45, 7) is 0.413. The molecule has 0 amide bonds. The minimum atomic E-state index is -0.861. The zero-order chi connectivity index (χ0) is 10.7. The maximum Gasteiger partial charge on any atom is 0.333 e. The van der Waals surface area contributed by atoms with Gasteiger partial charge in [0.15, 0.2) is 0 Å². The Balaban J connectivity index is 2.19. The Morgan fingerprint density at radius 2 is 2.00 bits per heavy atom. The first kappa shape index (κ1) is 9.52. The van der Waals surface area contributed by atoms with E-state index in [-0.39, 0.29) is 0 Å². The minimum Gasteiger partial charge on any atom is -0.478 e. The fourth-order valence-electron chi connectivity index (χ4n) is 1.49. The number of hydrogen-bond donors (Lipinski definition) is 1. The molecule has 3 heteroatoms. The lowest BCUT2D eigenvalue weighted by molar-refractivity contribution is -0.132. The number of anilines is 1. The first-order valence-electron chi connectivity index (χ1n) is 4.70. The number of benzene rings is 1. The van der Waals surface area contributed by atoms with Gasteiger partial charge in [-0.2, -0.15) is 0 Å². The van der Waals surface area contributed by atoms with Gasteiger partial charge in [-0.25, -0.2) is 4.79 Å². The molecule has 1 aromatic carbocycles. The van der Waals surface area contributed by atoms with Crippen LogP contribution in [0.4, 0.5) is 5.69 Å². The molecule has 0 unspecified atom stereocenters. The number of allylic oxidation sites excluding steroid dienone is 2. The molecule has 0 atom stereocenters. The number of carboxylic acids is 1. The van der Waals surface area contributed by atoms with E-state index in [1.807, 2.05) is 41.4 Å². The molecule has 0 spiro atoms. The third-order valence-electron chi connectivity index (χ3n) is 2.27. The number of carbonyl (C=O) groups is 1. The molecule has 3 nitrogen and oxygen atoms in total. The van der Waals surface area contributed by atoms with Crippen molar-refractivity contribution in [3.63, 3.8) is 0 Å². The Labute approximate surface area is 88.0 Å². The number of nitrogens with zero attached hydrogens (tertiary/aromatic N) is 1. The average molecular weight is 201 g/mol. The number of carboxylic acid groups (broad SMARTS) is 1. The molecule has 1 aliphatic heterocycles. The van der Waals surface area contributed by atoms with Crippen LogP contribution in [0.1, 0.15) is 0 Å². The Morgan fingerprint density at radius 1 is 1.27 bits per heavy atom. The highest BCUT2D eigenvalue weighted by molar-refractivity contribution is 5.88. The molecule has 1 aromatic rings. The molecule has 0 fully saturated rings. The SMILES string of the molecule is O=C(O)C1=CC=CN(c2ccccc2)C1. The summed E-state index contributed by atoms with van der Waals surface area (Å²) in [5.74, 6) is -0.861. The van der Waals surface area contributed by atoms with E-state index in [4.69, 9.17) is 5.11 Å². The summed E-state index contributed by atoms with van der Waals surface area (Å²) in [7, 11) is 0. The van der Waals surface area contributed by atoms with Crippen LogP contribution in [0.2, 0.25) is 0 Å². The van der Waals surface area contributed by atoms with Gasteiger partial charge in [-0.05, 0) is 24.3 Å². The molecule has 0 radical (unpaired) electrons. The first-order valence-corrected chi connectivity index (χ1v) is 4.70. The molecule has 1 N–H and O–H groups in total. The molecular weight excluding hydrogens is 190 g/mol. The topological polar surface area (TPSA) is 40.5 Å². The number of hydrogen-bond acceptors (Lipinski definition) is 2. The van der Waals surface area contributed by atoms with Gasteiger partial charge in [0.25, 0.3) is 0 Å². The first-order chi connectivity index (χ1) is 7.27. The van der Waals surface area contributed by atoms with Crippen LogP contribution in [0.3, 0.4) is 0 Å². The highest BCUT2D eigenvalue weighted by Crippen LogP contribution is 2.18. The summed E-state index contributed by atoms with van der Waals surface area (Å²) < 4.78 is 0. The maximum atomic E-state index is 10.8. The van der Waals surface area contributed by atoms with Crippen molar-refractivity contribution >= 4 is 11.7 Å². The van der Waals surface area contributed by atoms with Gasteiger partial charge in [0, 0.05) is 11.9 Å². The molecule has 0 saturated carbocycles. The number of aliphatic carboxylic acids is 1. The van der Waals surface area contributed by atoms with E-state index < -0.39 is 5.97 Å². The molecule has 1 aliphatic rings. The van der Waals surface area contributed by atoms with Gasteiger partial charge in [0.2, 0.25) is 0 Å². The standard InChI is InChI=1S/C12H11NO2/c14-12(15)10-5-4-8-13(9-10)11-6-2-1-3-7-11/h1-8H,9H2,(H,14,15). The quantitative estimate of drug-likeness (QED) is 0.795. The summed E-state index contributed by atoms with van der Waals surface area (Å²) in [5, 5.41) is 8.87. The van der Waals surface area contributed by atoms with Gasteiger partial charge in [0.1, 0.15) is 0 Å². The third-order valence-corrected chi connectivity index (χ3v) is 2.27. The number of rotatable bonds is 2. The molecule has 1 heterocycles. The van der Waals surface area contributed by atoms with Crippen molar-refractivity contribution in [2.75, 3.05) is 11.4 Å².